The van der Waals surface area contributed by atoms with Gasteiger partial charge in [-0.1, -0.05) is 34.1 Å². The van der Waals surface area contributed by atoms with Crippen molar-refractivity contribution in [3.8, 4) is 11.5 Å². The molecular weight excluding hydrogens is 358 g/mol. The second kappa shape index (κ2) is 6.24. The highest BCUT2D eigenvalue weighted by Crippen LogP contribution is 2.40. The minimum atomic E-state index is -0.195. The normalized spacial score (nSPS) is 16.0. The van der Waals surface area contributed by atoms with Gasteiger partial charge in [0, 0.05) is 10.2 Å². The summed E-state index contributed by atoms with van der Waals surface area (Å²) in [5.74, 6) is 1.17. The van der Waals surface area contributed by atoms with Crippen LogP contribution in [0.15, 0.2) is 34.8 Å². The van der Waals surface area contributed by atoms with Crippen LogP contribution in [-0.2, 0) is 11.2 Å². The fraction of sp³-hybridized carbons (Fsp3) is 0.278. The molecule has 0 spiro atoms. The molecule has 0 bridgehead atoms. The molecule has 0 unspecified atom stereocenters. The zero-order valence-electron chi connectivity index (χ0n) is 13.3. The first-order valence-electron chi connectivity index (χ1n) is 7.36. The topological polar surface area (TPSA) is 47.6 Å². The molecule has 4 nitrogen and oxygen atoms in total. The van der Waals surface area contributed by atoms with Crippen LogP contribution in [0.5, 0.6) is 11.5 Å². The average molecular weight is 376 g/mol. The van der Waals surface area contributed by atoms with Crippen LogP contribution in [0.2, 0.25) is 0 Å². The van der Waals surface area contributed by atoms with Crippen LogP contribution in [0.1, 0.15) is 22.6 Å². The third-order valence-electron chi connectivity index (χ3n) is 4.22. The predicted octanol–water partition coefficient (Wildman–Crippen LogP) is 4.05. The van der Waals surface area contributed by atoms with Gasteiger partial charge in [0.15, 0.2) is 11.5 Å². The number of halogens is 1. The van der Waals surface area contributed by atoms with E-state index in [2.05, 4.69) is 21.2 Å². The molecule has 5 heteroatoms. The fourth-order valence-corrected chi connectivity index (χ4v) is 3.46. The number of ether oxygens (including phenoxy) is 2. The van der Waals surface area contributed by atoms with E-state index in [-0.39, 0.29) is 11.8 Å². The summed E-state index contributed by atoms with van der Waals surface area (Å²) in [5.41, 5.74) is 4.10. The molecule has 3 rings (SSSR count). The van der Waals surface area contributed by atoms with Crippen LogP contribution in [0.25, 0.3) is 0 Å². The first-order valence-corrected chi connectivity index (χ1v) is 8.15. The Bertz CT molecular complexity index is 773. The highest BCUT2D eigenvalue weighted by Gasteiger charge is 2.32. The minimum absolute atomic E-state index is 0.0379. The first kappa shape index (κ1) is 15.9. The van der Waals surface area contributed by atoms with Gasteiger partial charge in [-0.15, -0.1) is 0 Å². The number of methoxy groups -OCH3 is 2. The number of aryl methyl sites for hydroxylation is 1. The van der Waals surface area contributed by atoms with Gasteiger partial charge in [0.2, 0.25) is 5.91 Å². The van der Waals surface area contributed by atoms with Gasteiger partial charge in [-0.25, -0.2) is 0 Å². The Balaban J connectivity index is 1.97. The lowest BCUT2D eigenvalue weighted by Gasteiger charge is -2.14. The van der Waals surface area contributed by atoms with Crippen molar-refractivity contribution in [2.45, 2.75) is 19.3 Å². The molecule has 1 heterocycles. The highest BCUT2D eigenvalue weighted by molar-refractivity contribution is 9.10. The zero-order chi connectivity index (χ0) is 16.6. The monoisotopic (exact) mass is 375 g/mol. The van der Waals surface area contributed by atoms with E-state index in [1.807, 2.05) is 37.3 Å². The number of rotatable bonds is 4. The number of amides is 1. The van der Waals surface area contributed by atoms with Crippen molar-refractivity contribution >= 4 is 27.5 Å². The van der Waals surface area contributed by atoms with Crippen molar-refractivity contribution in [1.29, 1.82) is 0 Å². The van der Waals surface area contributed by atoms with E-state index >= 15 is 0 Å². The van der Waals surface area contributed by atoms with Crippen LogP contribution in [0.3, 0.4) is 0 Å². The number of hydrogen-bond donors (Lipinski definition) is 1. The SMILES string of the molecule is COc1cc(Br)c(C[C@@H]2C(=O)Nc3c(C)cccc32)cc1OC. The Kier molecular flexibility index (Phi) is 4.31. The third-order valence-corrected chi connectivity index (χ3v) is 4.96. The summed E-state index contributed by atoms with van der Waals surface area (Å²) >= 11 is 3.57. The lowest BCUT2D eigenvalue weighted by molar-refractivity contribution is -0.117. The number of carbonyl (C=O) groups excluding carboxylic acids is 1. The van der Waals surface area contributed by atoms with Crippen molar-refractivity contribution < 1.29 is 14.3 Å². The van der Waals surface area contributed by atoms with E-state index in [1.165, 1.54) is 0 Å². The molecule has 2 aromatic rings. The summed E-state index contributed by atoms with van der Waals surface area (Å²) in [6, 6.07) is 9.81. The van der Waals surface area contributed by atoms with Crippen molar-refractivity contribution in [1.82, 2.24) is 0 Å². The van der Waals surface area contributed by atoms with E-state index in [1.54, 1.807) is 14.2 Å². The van der Waals surface area contributed by atoms with Crippen LogP contribution < -0.4 is 14.8 Å². The molecule has 1 amide bonds. The molecule has 1 N–H and O–H groups in total. The van der Waals surface area contributed by atoms with Gasteiger partial charge in [-0.2, -0.15) is 0 Å². The maximum Gasteiger partial charge on any atom is 0.232 e. The number of para-hydroxylation sites is 1. The minimum Gasteiger partial charge on any atom is -0.493 e. The lowest BCUT2D eigenvalue weighted by atomic mass is 9.92. The van der Waals surface area contributed by atoms with E-state index in [4.69, 9.17) is 9.47 Å². The molecule has 1 atom stereocenters. The molecule has 0 fully saturated rings. The standard InChI is InChI=1S/C18H18BrNO3/c1-10-5-4-6-12-13(18(21)20-17(10)12)7-11-8-15(22-2)16(23-3)9-14(11)19/h4-6,8-9,13H,7H2,1-3H3,(H,20,21)/t13-/m0/s1. The molecule has 1 aliphatic rings. The van der Waals surface area contributed by atoms with Crippen LogP contribution in [0.4, 0.5) is 5.69 Å². The number of nitrogens with one attached hydrogen (secondary N) is 1. The number of benzene rings is 2. The molecule has 0 aliphatic carbocycles. The largest absolute Gasteiger partial charge is 0.493 e. The van der Waals surface area contributed by atoms with Gasteiger partial charge in [-0.05, 0) is 42.2 Å². The molecule has 2 aromatic carbocycles. The number of fused-ring (bicyclic) bond motifs is 1. The maximum absolute atomic E-state index is 12.4. The lowest BCUT2D eigenvalue weighted by Crippen LogP contribution is -2.14. The third kappa shape index (κ3) is 2.81. The number of carbonyl (C=O) groups is 1. The van der Waals surface area contributed by atoms with Gasteiger partial charge in [0.25, 0.3) is 0 Å². The van der Waals surface area contributed by atoms with Crippen LogP contribution in [0, 0.1) is 6.92 Å². The van der Waals surface area contributed by atoms with Gasteiger partial charge in [0.1, 0.15) is 0 Å². The van der Waals surface area contributed by atoms with Crippen molar-refractivity contribution in [3.63, 3.8) is 0 Å². The van der Waals surface area contributed by atoms with Gasteiger partial charge in [-0.3, -0.25) is 4.79 Å². The van der Waals surface area contributed by atoms with Crippen molar-refractivity contribution in [2.75, 3.05) is 19.5 Å². The summed E-state index contributed by atoms with van der Waals surface area (Å²) < 4.78 is 11.6. The van der Waals surface area contributed by atoms with Crippen molar-refractivity contribution in [2.24, 2.45) is 0 Å². The van der Waals surface area contributed by atoms with E-state index in [0.29, 0.717) is 17.9 Å². The Morgan fingerprint density at radius 3 is 2.57 bits per heavy atom. The van der Waals surface area contributed by atoms with Gasteiger partial charge >= 0.3 is 0 Å². The number of hydrogen-bond acceptors (Lipinski definition) is 3. The average Bonchev–Trinajstić information content (AvgIpc) is 2.86. The second-order valence-electron chi connectivity index (χ2n) is 5.58. The molecule has 23 heavy (non-hydrogen) atoms. The summed E-state index contributed by atoms with van der Waals surface area (Å²) in [5, 5.41) is 3.00. The Morgan fingerprint density at radius 2 is 1.87 bits per heavy atom. The van der Waals surface area contributed by atoms with E-state index in [0.717, 1.165) is 26.9 Å². The fourth-order valence-electron chi connectivity index (χ4n) is 2.98. The van der Waals surface area contributed by atoms with E-state index in [9.17, 15) is 4.79 Å². The molecule has 0 saturated heterocycles. The summed E-state index contributed by atoms with van der Waals surface area (Å²) in [7, 11) is 3.21. The van der Waals surface area contributed by atoms with Crippen LogP contribution >= 0.6 is 15.9 Å². The molecule has 0 aromatic heterocycles. The zero-order valence-corrected chi connectivity index (χ0v) is 14.9. The molecule has 0 saturated carbocycles. The predicted molar refractivity (Wildman–Crippen MR) is 93.5 cm³/mol. The van der Waals surface area contributed by atoms with Gasteiger partial charge in [0.05, 0.1) is 20.1 Å². The first-order chi connectivity index (χ1) is 11.0. The molecule has 1 aliphatic heterocycles. The highest BCUT2D eigenvalue weighted by atomic mass is 79.9. The quantitative estimate of drug-likeness (QED) is 0.876. The summed E-state index contributed by atoms with van der Waals surface area (Å²) in [4.78, 5) is 12.4. The number of anilines is 1. The van der Waals surface area contributed by atoms with Crippen LogP contribution in [-0.4, -0.2) is 20.1 Å². The summed E-state index contributed by atoms with van der Waals surface area (Å²) in [6.45, 7) is 2.01. The summed E-state index contributed by atoms with van der Waals surface area (Å²) in [6.07, 6.45) is 0.600. The molecular formula is C18H18BrNO3. The smallest absolute Gasteiger partial charge is 0.232 e. The Morgan fingerprint density at radius 1 is 1.17 bits per heavy atom. The molecule has 0 radical (unpaired) electrons. The Hall–Kier alpha value is -2.01. The molecule has 120 valence electrons. The van der Waals surface area contributed by atoms with Crippen molar-refractivity contribution in [3.05, 3.63) is 51.5 Å². The second-order valence-corrected chi connectivity index (χ2v) is 6.44. The van der Waals surface area contributed by atoms with E-state index < -0.39 is 0 Å². The maximum atomic E-state index is 12.4. The van der Waals surface area contributed by atoms with Gasteiger partial charge < -0.3 is 14.8 Å². The Labute approximate surface area is 143 Å².